The van der Waals surface area contributed by atoms with Crippen LogP contribution >= 0.6 is 0 Å². The normalized spacial score (nSPS) is 17.5. The molecular weight excluding hydrogens is 258 g/mol. The van der Waals surface area contributed by atoms with Crippen LogP contribution in [-0.2, 0) is 9.47 Å². The predicted octanol–water partition coefficient (Wildman–Crippen LogP) is 2.84. The quantitative estimate of drug-likeness (QED) is 0.795. The highest BCUT2D eigenvalue weighted by atomic mass is 16.6. The van der Waals surface area contributed by atoms with Gasteiger partial charge in [-0.1, -0.05) is 0 Å². The van der Waals surface area contributed by atoms with E-state index in [1.165, 1.54) is 0 Å². The molecular formula is C15H21NO4. The van der Waals surface area contributed by atoms with Crippen molar-refractivity contribution in [2.75, 3.05) is 25.2 Å². The summed E-state index contributed by atoms with van der Waals surface area (Å²) < 4.78 is 15.8. The number of methoxy groups -OCH3 is 1. The van der Waals surface area contributed by atoms with Crippen molar-refractivity contribution >= 4 is 11.8 Å². The summed E-state index contributed by atoms with van der Waals surface area (Å²) in [5.41, 5.74) is 0.252. The van der Waals surface area contributed by atoms with Gasteiger partial charge in [-0.05, 0) is 45.0 Å². The summed E-state index contributed by atoms with van der Waals surface area (Å²) in [5, 5.41) is 0. The van der Waals surface area contributed by atoms with Crippen LogP contribution in [0, 0.1) is 0 Å². The van der Waals surface area contributed by atoms with Gasteiger partial charge in [0.1, 0.15) is 11.4 Å². The van der Waals surface area contributed by atoms with Gasteiger partial charge in [0.15, 0.2) is 0 Å². The number of hydrogen-bond acceptors (Lipinski definition) is 4. The summed E-state index contributed by atoms with van der Waals surface area (Å²) in [4.78, 5) is 13.9. The van der Waals surface area contributed by atoms with Crippen molar-refractivity contribution in [3.05, 3.63) is 24.3 Å². The molecule has 0 N–H and O–H groups in total. The monoisotopic (exact) mass is 279 g/mol. The Morgan fingerprint density at radius 1 is 1.35 bits per heavy atom. The first-order valence-corrected chi connectivity index (χ1v) is 6.65. The Balaban J connectivity index is 2.14. The second kappa shape index (κ2) is 5.71. The number of rotatable bonds is 4. The zero-order valence-electron chi connectivity index (χ0n) is 12.4. The summed E-state index contributed by atoms with van der Waals surface area (Å²) in [6.07, 6.45) is -0.261. The highest BCUT2D eigenvalue weighted by Gasteiger charge is 2.31. The van der Waals surface area contributed by atoms with Crippen molar-refractivity contribution in [2.24, 2.45) is 0 Å². The molecule has 1 fully saturated rings. The molecule has 110 valence electrons. The van der Waals surface area contributed by atoms with Gasteiger partial charge in [0, 0.05) is 5.69 Å². The van der Waals surface area contributed by atoms with Crippen LogP contribution in [0.2, 0.25) is 0 Å². The van der Waals surface area contributed by atoms with Crippen molar-refractivity contribution < 1.29 is 19.0 Å². The topological polar surface area (TPSA) is 51.3 Å². The maximum absolute atomic E-state index is 12.3. The van der Waals surface area contributed by atoms with Crippen molar-refractivity contribution in [1.82, 2.24) is 0 Å². The zero-order chi connectivity index (χ0) is 14.8. The van der Waals surface area contributed by atoms with E-state index >= 15 is 0 Å². The van der Waals surface area contributed by atoms with Gasteiger partial charge in [-0.3, -0.25) is 4.90 Å². The second-order valence-corrected chi connectivity index (χ2v) is 5.74. The Hall–Kier alpha value is -1.75. The van der Waals surface area contributed by atoms with Crippen molar-refractivity contribution in [3.63, 3.8) is 0 Å². The number of amides is 1. The number of epoxide rings is 1. The lowest BCUT2D eigenvalue weighted by atomic mass is 10.2. The number of nitrogens with zero attached hydrogens (tertiary/aromatic N) is 1. The molecule has 0 bridgehead atoms. The van der Waals surface area contributed by atoms with Crippen LogP contribution in [0.5, 0.6) is 5.75 Å². The first kappa shape index (κ1) is 14.7. The minimum Gasteiger partial charge on any atom is -0.497 e. The fraction of sp³-hybridized carbons (Fsp3) is 0.533. The van der Waals surface area contributed by atoms with Gasteiger partial charge in [-0.2, -0.15) is 0 Å². The molecule has 1 aliphatic heterocycles. The number of carbonyl (C=O) groups is 1. The number of carbonyl (C=O) groups excluding carboxylic acids is 1. The maximum Gasteiger partial charge on any atom is 0.414 e. The molecule has 1 aromatic rings. The van der Waals surface area contributed by atoms with Crippen molar-refractivity contribution in [1.29, 1.82) is 0 Å². The van der Waals surface area contributed by atoms with Crippen LogP contribution in [0.15, 0.2) is 24.3 Å². The molecule has 0 saturated carbocycles. The van der Waals surface area contributed by atoms with Gasteiger partial charge in [-0.25, -0.2) is 4.79 Å². The minimum atomic E-state index is -0.522. The van der Waals surface area contributed by atoms with Crippen LogP contribution in [0.4, 0.5) is 10.5 Å². The Bertz CT molecular complexity index is 460. The third kappa shape index (κ3) is 4.13. The lowest BCUT2D eigenvalue weighted by Gasteiger charge is -2.27. The summed E-state index contributed by atoms with van der Waals surface area (Å²) in [5.74, 6) is 0.751. The van der Waals surface area contributed by atoms with E-state index in [0.717, 1.165) is 11.4 Å². The third-order valence-electron chi connectivity index (χ3n) is 2.79. The fourth-order valence-electron chi connectivity index (χ4n) is 1.74. The van der Waals surface area contributed by atoms with Gasteiger partial charge in [-0.15, -0.1) is 0 Å². The largest absolute Gasteiger partial charge is 0.497 e. The van der Waals surface area contributed by atoms with Gasteiger partial charge in [0.05, 0.1) is 26.4 Å². The Labute approximate surface area is 119 Å². The molecule has 0 radical (unpaired) electrons. The first-order valence-electron chi connectivity index (χ1n) is 6.65. The van der Waals surface area contributed by atoms with Gasteiger partial charge in [0.2, 0.25) is 0 Å². The number of ether oxygens (including phenoxy) is 3. The Morgan fingerprint density at radius 3 is 2.40 bits per heavy atom. The number of benzene rings is 1. The van der Waals surface area contributed by atoms with Crippen LogP contribution < -0.4 is 9.64 Å². The van der Waals surface area contributed by atoms with E-state index in [9.17, 15) is 4.79 Å². The second-order valence-electron chi connectivity index (χ2n) is 5.74. The van der Waals surface area contributed by atoms with Crippen molar-refractivity contribution in [2.45, 2.75) is 32.5 Å². The van der Waals surface area contributed by atoms with E-state index in [-0.39, 0.29) is 12.2 Å². The standard InChI is InChI=1S/C15H21NO4/c1-15(2,3)20-14(17)16(9-13-10-19-13)11-5-7-12(18-4)8-6-11/h5-8,13H,9-10H2,1-4H3. The van der Waals surface area contributed by atoms with E-state index in [0.29, 0.717) is 13.2 Å². The summed E-state index contributed by atoms with van der Waals surface area (Å²) in [6, 6.07) is 7.32. The highest BCUT2D eigenvalue weighted by molar-refractivity contribution is 5.88. The van der Waals surface area contributed by atoms with E-state index in [4.69, 9.17) is 14.2 Å². The molecule has 5 heteroatoms. The first-order chi connectivity index (χ1) is 9.39. The molecule has 0 spiro atoms. The SMILES string of the molecule is COc1ccc(N(CC2CO2)C(=O)OC(C)(C)C)cc1. The third-order valence-corrected chi connectivity index (χ3v) is 2.79. The average Bonchev–Trinajstić information content (AvgIpc) is 3.18. The Morgan fingerprint density at radius 2 is 1.95 bits per heavy atom. The zero-order valence-corrected chi connectivity index (χ0v) is 12.4. The molecule has 2 rings (SSSR count). The molecule has 1 saturated heterocycles. The van der Waals surface area contributed by atoms with Crippen molar-refractivity contribution in [3.8, 4) is 5.75 Å². The molecule has 0 aliphatic carbocycles. The van der Waals surface area contributed by atoms with E-state index in [2.05, 4.69) is 0 Å². The molecule has 20 heavy (non-hydrogen) atoms. The fourth-order valence-corrected chi connectivity index (χ4v) is 1.74. The summed E-state index contributed by atoms with van der Waals surface area (Å²) in [6.45, 7) is 6.75. The smallest absolute Gasteiger partial charge is 0.414 e. The van der Waals surface area contributed by atoms with Crippen LogP contribution in [-0.4, -0.2) is 38.1 Å². The average molecular weight is 279 g/mol. The summed E-state index contributed by atoms with van der Waals surface area (Å²) in [7, 11) is 1.61. The molecule has 1 aromatic carbocycles. The lowest BCUT2D eigenvalue weighted by molar-refractivity contribution is 0.0577. The van der Waals surface area contributed by atoms with Gasteiger partial charge in [0.25, 0.3) is 0 Å². The van der Waals surface area contributed by atoms with Crippen LogP contribution in [0.1, 0.15) is 20.8 Å². The van der Waals surface area contributed by atoms with Gasteiger partial charge >= 0.3 is 6.09 Å². The van der Waals surface area contributed by atoms with E-state index < -0.39 is 5.60 Å². The molecule has 1 amide bonds. The molecule has 0 aromatic heterocycles. The molecule has 1 unspecified atom stereocenters. The number of anilines is 1. The maximum atomic E-state index is 12.3. The lowest BCUT2D eigenvalue weighted by Crippen LogP contribution is -2.39. The molecule has 5 nitrogen and oxygen atoms in total. The molecule has 1 aliphatic rings. The predicted molar refractivity (Wildman–Crippen MR) is 76.3 cm³/mol. The molecule has 1 heterocycles. The van der Waals surface area contributed by atoms with Gasteiger partial charge < -0.3 is 14.2 Å². The highest BCUT2D eigenvalue weighted by Crippen LogP contribution is 2.24. The minimum absolute atomic E-state index is 0.102. The summed E-state index contributed by atoms with van der Waals surface area (Å²) >= 11 is 0. The van der Waals surface area contributed by atoms with E-state index in [1.807, 2.05) is 45.0 Å². The van der Waals surface area contributed by atoms with Crippen LogP contribution in [0.25, 0.3) is 0 Å². The number of hydrogen-bond donors (Lipinski definition) is 0. The van der Waals surface area contributed by atoms with Crippen LogP contribution in [0.3, 0.4) is 0 Å². The Kier molecular flexibility index (Phi) is 4.18. The van der Waals surface area contributed by atoms with E-state index in [1.54, 1.807) is 12.0 Å². The molecule has 1 atom stereocenters.